The zero-order valence-corrected chi connectivity index (χ0v) is 14.9. The van der Waals surface area contributed by atoms with Crippen molar-refractivity contribution in [3.05, 3.63) is 76.4 Å². The molecule has 0 aliphatic carbocycles. The number of sulfonamides is 1. The fourth-order valence-corrected chi connectivity index (χ4v) is 3.20. The van der Waals surface area contributed by atoms with E-state index in [9.17, 15) is 28.4 Å². The highest BCUT2D eigenvalue weighted by Gasteiger charge is 2.16. The van der Waals surface area contributed by atoms with E-state index in [1.807, 2.05) is 0 Å². The quantitative estimate of drug-likeness (QED) is 0.356. The molecule has 0 aliphatic heterocycles. The number of benzene rings is 2. The number of hydrogen-bond donors (Lipinski definition) is 3. The van der Waals surface area contributed by atoms with Crippen LogP contribution in [0.3, 0.4) is 0 Å². The first kappa shape index (κ1) is 20.1. The molecular weight excluding hydrogens is 374 g/mol. The van der Waals surface area contributed by atoms with Gasteiger partial charge in [0.15, 0.2) is 0 Å². The molecule has 0 atom stereocenters. The summed E-state index contributed by atoms with van der Waals surface area (Å²) in [6.07, 6.45) is 1.39. The van der Waals surface area contributed by atoms with Crippen molar-refractivity contribution in [2.75, 3.05) is 6.54 Å². The van der Waals surface area contributed by atoms with Gasteiger partial charge in [-0.15, -0.1) is 6.58 Å². The van der Waals surface area contributed by atoms with Crippen molar-refractivity contribution in [1.29, 1.82) is 0 Å². The summed E-state index contributed by atoms with van der Waals surface area (Å²) in [5.74, 6) is -0.799. The maximum atomic E-state index is 12.3. The van der Waals surface area contributed by atoms with E-state index in [1.54, 1.807) is 0 Å². The second-order valence-electron chi connectivity index (χ2n) is 5.42. The average molecular weight is 391 g/mol. The fraction of sp³-hybridized carbons (Fsp3) is 0.118. The van der Waals surface area contributed by atoms with E-state index in [2.05, 4.69) is 16.6 Å². The topological polar surface area (TPSA) is 139 Å². The number of nitro benzene ring substituents is 1. The number of hydrogen-bond acceptors (Lipinski definition) is 6. The lowest BCUT2D eigenvalue weighted by Gasteiger charge is -2.09. The van der Waals surface area contributed by atoms with Crippen LogP contribution in [-0.2, 0) is 16.6 Å². The Morgan fingerprint density at radius 2 is 2.00 bits per heavy atom. The van der Waals surface area contributed by atoms with Crippen LogP contribution in [0.1, 0.15) is 15.9 Å². The Hall–Kier alpha value is -3.24. The predicted octanol–water partition coefficient (Wildman–Crippen LogP) is 1.69. The summed E-state index contributed by atoms with van der Waals surface area (Å²) >= 11 is 0. The third-order valence-corrected chi connectivity index (χ3v) is 4.96. The average Bonchev–Trinajstić information content (AvgIpc) is 2.65. The van der Waals surface area contributed by atoms with Crippen LogP contribution >= 0.6 is 0 Å². The van der Waals surface area contributed by atoms with Crippen LogP contribution < -0.4 is 10.0 Å². The Labute approximate surface area is 155 Å². The van der Waals surface area contributed by atoms with E-state index in [0.717, 1.165) is 18.2 Å². The molecule has 0 unspecified atom stereocenters. The van der Waals surface area contributed by atoms with Gasteiger partial charge in [-0.2, -0.15) is 0 Å². The van der Waals surface area contributed by atoms with Gasteiger partial charge in [-0.25, -0.2) is 13.1 Å². The standard InChI is InChI=1S/C17H17N3O6S/c1-2-8-19-27(25,26)15-5-3-4-12(10-15)17(22)18-11-13-9-14(20(23)24)6-7-16(13)21/h2-7,9-10,19,21H,1,8,11H2,(H,18,22). The molecule has 0 fully saturated rings. The second-order valence-corrected chi connectivity index (χ2v) is 7.19. The van der Waals surface area contributed by atoms with Crippen LogP contribution in [0.4, 0.5) is 5.69 Å². The van der Waals surface area contributed by atoms with Crippen LogP contribution in [0.15, 0.2) is 60.0 Å². The van der Waals surface area contributed by atoms with Gasteiger partial charge < -0.3 is 10.4 Å². The molecule has 0 heterocycles. The molecule has 9 nitrogen and oxygen atoms in total. The Bertz CT molecular complexity index is 988. The van der Waals surface area contributed by atoms with E-state index >= 15 is 0 Å². The lowest BCUT2D eigenvalue weighted by atomic mass is 10.1. The number of amides is 1. The fourth-order valence-electron chi connectivity index (χ4n) is 2.16. The number of phenolic OH excluding ortho intramolecular Hbond substituents is 1. The van der Waals surface area contributed by atoms with Gasteiger partial charge in [-0.1, -0.05) is 12.1 Å². The maximum absolute atomic E-state index is 12.3. The Morgan fingerprint density at radius 3 is 2.67 bits per heavy atom. The molecule has 0 aliphatic rings. The number of non-ortho nitro benzene ring substituents is 1. The van der Waals surface area contributed by atoms with Gasteiger partial charge in [0.05, 0.1) is 9.82 Å². The van der Waals surface area contributed by atoms with Gasteiger partial charge in [0.2, 0.25) is 10.0 Å². The molecule has 142 valence electrons. The molecule has 0 radical (unpaired) electrons. The first-order chi connectivity index (χ1) is 12.7. The van der Waals surface area contributed by atoms with Crippen molar-refractivity contribution in [2.24, 2.45) is 0 Å². The summed E-state index contributed by atoms with van der Waals surface area (Å²) in [5, 5.41) is 23.1. The SMILES string of the molecule is C=CCNS(=O)(=O)c1cccc(C(=O)NCc2cc([N+](=O)[O-])ccc2O)c1. The molecule has 0 spiro atoms. The van der Waals surface area contributed by atoms with Crippen molar-refractivity contribution >= 4 is 21.6 Å². The van der Waals surface area contributed by atoms with Crippen LogP contribution in [-0.4, -0.2) is 30.9 Å². The van der Waals surface area contributed by atoms with Crippen LogP contribution in [0.5, 0.6) is 5.75 Å². The molecule has 0 bridgehead atoms. The van der Waals surface area contributed by atoms with Gasteiger partial charge >= 0.3 is 0 Å². The highest BCUT2D eigenvalue weighted by molar-refractivity contribution is 7.89. The number of carbonyl (C=O) groups excluding carboxylic acids is 1. The molecule has 0 saturated carbocycles. The predicted molar refractivity (Wildman–Crippen MR) is 97.8 cm³/mol. The van der Waals surface area contributed by atoms with Crippen LogP contribution in [0.2, 0.25) is 0 Å². The summed E-state index contributed by atoms with van der Waals surface area (Å²) < 4.78 is 26.5. The lowest BCUT2D eigenvalue weighted by molar-refractivity contribution is -0.384. The summed E-state index contributed by atoms with van der Waals surface area (Å²) in [5.41, 5.74) is 0.0220. The van der Waals surface area contributed by atoms with Crippen molar-refractivity contribution in [1.82, 2.24) is 10.0 Å². The highest BCUT2D eigenvalue weighted by Crippen LogP contribution is 2.22. The molecule has 3 N–H and O–H groups in total. The third-order valence-electron chi connectivity index (χ3n) is 3.54. The van der Waals surface area contributed by atoms with E-state index < -0.39 is 20.9 Å². The van der Waals surface area contributed by atoms with Crippen molar-refractivity contribution < 1.29 is 23.2 Å². The van der Waals surface area contributed by atoms with Gasteiger partial charge in [-0.05, 0) is 24.3 Å². The van der Waals surface area contributed by atoms with Gasteiger partial charge in [0.1, 0.15) is 5.75 Å². The molecule has 27 heavy (non-hydrogen) atoms. The van der Waals surface area contributed by atoms with E-state index in [4.69, 9.17) is 0 Å². The Balaban J connectivity index is 2.15. The van der Waals surface area contributed by atoms with Gasteiger partial charge in [-0.3, -0.25) is 14.9 Å². The Kier molecular flexibility index (Phi) is 6.27. The van der Waals surface area contributed by atoms with Crippen molar-refractivity contribution in [3.63, 3.8) is 0 Å². The minimum absolute atomic E-state index is 0.0464. The number of aromatic hydroxyl groups is 1. The highest BCUT2D eigenvalue weighted by atomic mass is 32.2. The summed E-state index contributed by atoms with van der Waals surface area (Å²) in [6, 6.07) is 8.85. The summed E-state index contributed by atoms with van der Waals surface area (Å²) in [7, 11) is -3.78. The number of nitrogens with zero attached hydrogens (tertiary/aromatic N) is 1. The normalized spacial score (nSPS) is 11.0. The van der Waals surface area contributed by atoms with Gasteiger partial charge in [0.25, 0.3) is 11.6 Å². The van der Waals surface area contributed by atoms with E-state index in [1.165, 1.54) is 30.3 Å². The molecule has 0 saturated heterocycles. The lowest BCUT2D eigenvalue weighted by Crippen LogP contribution is -2.25. The number of phenols is 1. The second kappa shape index (κ2) is 8.43. The zero-order valence-electron chi connectivity index (χ0n) is 14.1. The van der Waals surface area contributed by atoms with Crippen molar-refractivity contribution in [3.8, 4) is 5.75 Å². The van der Waals surface area contributed by atoms with Gasteiger partial charge in [0, 0.05) is 36.3 Å². The molecule has 2 rings (SSSR count). The molecule has 0 aromatic heterocycles. The number of nitrogens with one attached hydrogen (secondary N) is 2. The summed E-state index contributed by atoms with van der Waals surface area (Å²) in [6.45, 7) is 3.30. The molecule has 2 aromatic carbocycles. The number of carbonyl (C=O) groups is 1. The molecular formula is C17H17N3O6S. The minimum Gasteiger partial charge on any atom is -0.508 e. The molecule has 2 aromatic rings. The molecule has 1 amide bonds. The van der Waals surface area contributed by atoms with E-state index in [-0.39, 0.29) is 40.5 Å². The minimum atomic E-state index is -3.78. The van der Waals surface area contributed by atoms with Crippen molar-refractivity contribution in [2.45, 2.75) is 11.4 Å². The van der Waals surface area contributed by atoms with Crippen LogP contribution in [0, 0.1) is 10.1 Å². The van der Waals surface area contributed by atoms with Crippen LogP contribution in [0.25, 0.3) is 0 Å². The summed E-state index contributed by atoms with van der Waals surface area (Å²) in [4.78, 5) is 22.4. The first-order valence-corrected chi connectivity index (χ1v) is 9.18. The Morgan fingerprint density at radius 1 is 1.26 bits per heavy atom. The maximum Gasteiger partial charge on any atom is 0.270 e. The molecule has 10 heteroatoms. The number of nitro groups is 1. The van der Waals surface area contributed by atoms with E-state index in [0.29, 0.717) is 0 Å². The largest absolute Gasteiger partial charge is 0.508 e. The monoisotopic (exact) mass is 391 g/mol. The third kappa shape index (κ3) is 5.12. The first-order valence-electron chi connectivity index (χ1n) is 7.69. The smallest absolute Gasteiger partial charge is 0.270 e. The zero-order chi connectivity index (χ0) is 20.0. The number of rotatable bonds is 8.